The van der Waals surface area contributed by atoms with Gasteiger partial charge < -0.3 is 14.8 Å². The molecule has 0 saturated heterocycles. The number of carbonyl (C=O) groups is 1. The fourth-order valence-corrected chi connectivity index (χ4v) is 2.68. The van der Waals surface area contributed by atoms with Crippen LogP contribution in [0.2, 0.25) is 0 Å². The molecule has 112 valence electrons. The van der Waals surface area contributed by atoms with Crippen molar-refractivity contribution in [1.82, 2.24) is 4.98 Å². The number of esters is 1. The Kier molecular flexibility index (Phi) is 3.65. The van der Waals surface area contributed by atoms with Gasteiger partial charge in [-0.2, -0.15) is 0 Å². The smallest absolute Gasteiger partial charge is 0.354 e. The normalized spacial score (nSPS) is 12.3. The summed E-state index contributed by atoms with van der Waals surface area (Å²) in [5.74, 6) is -0.496. The predicted molar refractivity (Wildman–Crippen MR) is 81.3 cm³/mol. The Morgan fingerprint density at radius 3 is 2.68 bits per heavy atom. The lowest BCUT2D eigenvalue weighted by Gasteiger charge is -2.10. The summed E-state index contributed by atoms with van der Waals surface area (Å²) in [5.41, 5.74) is 2.29. The first-order valence-electron chi connectivity index (χ1n) is 6.95. The molecule has 3 aromatic rings. The van der Waals surface area contributed by atoms with Crippen molar-refractivity contribution in [3.8, 4) is 0 Å². The standard InChI is InChI=1S/C17H16N2O3/c1-19-10-6-5-9-13(19)16(20)14-11-7-3-4-8-12(11)18-15(14)17(21)22-2/h3-10,16,20H,1-2H3/p+1/t16-/m0/s1. The Morgan fingerprint density at radius 1 is 1.23 bits per heavy atom. The molecule has 5 heteroatoms. The molecular weight excluding hydrogens is 280 g/mol. The third-order valence-electron chi connectivity index (χ3n) is 3.78. The molecule has 0 saturated carbocycles. The van der Waals surface area contributed by atoms with Crippen LogP contribution < -0.4 is 4.57 Å². The summed E-state index contributed by atoms with van der Waals surface area (Å²) in [6.07, 6.45) is 0.919. The van der Waals surface area contributed by atoms with Gasteiger partial charge in [-0.3, -0.25) is 0 Å². The van der Waals surface area contributed by atoms with Gasteiger partial charge in [0.2, 0.25) is 5.69 Å². The van der Waals surface area contributed by atoms with E-state index in [2.05, 4.69) is 4.98 Å². The molecule has 1 aromatic carbocycles. The number of rotatable bonds is 3. The van der Waals surface area contributed by atoms with Crippen LogP contribution in [-0.2, 0) is 11.8 Å². The van der Waals surface area contributed by atoms with Gasteiger partial charge in [0.25, 0.3) is 0 Å². The van der Waals surface area contributed by atoms with E-state index >= 15 is 0 Å². The Morgan fingerprint density at radius 2 is 1.95 bits per heavy atom. The second-order valence-electron chi connectivity index (χ2n) is 5.09. The fourth-order valence-electron chi connectivity index (χ4n) is 2.68. The number of nitrogens with one attached hydrogen (secondary N) is 1. The van der Waals surface area contributed by atoms with Crippen molar-refractivity contribution in [2.75, 3.05) is 7.11 Å². The Hall–Kier alpha value is -2.66. The number of nitrogens with zero attached hydrogens (tertiary/aromatic N) is 1. The van der Waals surface area contributed by atoms with Gasteiger partial charge in [0, 0.05) is 28.6 Å². The summed E-state index contributed by atoms with van der Waals surface area (Å²) in [7, 11) is 3.18. The van der Waals surface area contributed by atoms with Crippen LogP contribution in [0.15, 0.2) is 48.7 Å². The first-order valence-corrected chi connectivity index (χ1v) is 6.95. The van der Waals surface area contributed by atoms with Crippen molar-refractivity contribution < 1.29 is 19.2 Å². The largest absolute Gasteiger partial charge is 0.464 e. The molecule has 0 bridgehead atoms. The number of aromatic amines is 1. The van der Waals surface area contributed by atoms with Crippen LogP contribution in [0, 0.1) is 0 Å². The molecule has 5 nitrogen and oxygen atoms in total. The van der Waals surface area contributed by atoms with Crippen LogP contribution in [0.5, 0.6) is 0 Å². The van der Waals surface area contributed by atoms with Gasteiger partial charge in [-0.05, 0) is 12.1 Å². The molecule has 0 fully saturated rings. The number of pyridine rings is 1. The zero-order valence-corrected chi connectivity index (χ0v) is 12.4. The molecule has 1 atom stereocenters. The van der Waals surface area contributed by atoms with E-state index in [4.69, 9.17) is 4.74 Å². The number of methoxy groups -OCH3 is 1. The van der Waals surface area contributed by atoms with E-state index in [-0.39, 0.29) is 5.69 Å². The Labute approximate surface area is 127 Å². The predicted octanol–water partition coefficient (Wildman–Crippen LogP) is 1.86. The van der Waals surface area contributed by atoms with Gasteiger partial charge in [0.1, 0.15) is 12.7 Å². The molecule has 2 heterocycles. The van der Waals surface area contributed by atoms with Gasteiger partial charge in [-0.25, -0.2) is 9.36 Å². The number of aliphatic hydroxyl groups excluding tert-OH is 1. The molecule has 0 unspecified atom stereocenters. The van der Waals surface area contributed by atoms with Gasteiger partial charge >= 0.3 is 5.97 Å². The fraction of sp³-hybridized carbons (Fsp3) is 0.176. The van der Waals surface area contributed by atoms with E-state index in [0.29, 0.717) is 11.3 Å². The maximum Gasteiger partial charge on any atom is 0.354 e. The van der Waals surface area contributed by atoms with E-state index in [0.717, 1.165) is 10.9 Å². The van der Waals surface area contributed by atoms with E-state index in [1.165, 1.54) is 7.11 Å². The highest BCUT2D eigenvalue weighted by Gasteiger charge is 2.28. The summed E-state index contributed by atoms with van der Waals surface area (Å²) < 4.78 is 6.66. The van der Waals surface area contributed by atoms with Gasteiger partial charge in [0.05, 0.1) is 7.11 Å². The van der Waals surface area contributed by atoms with E-state index in [1.54, 1.807) is 0 Å². The molecule has 0 amide bonds. The number of para-hydroxylation sites is 1. The number of hydrogen-bond acceptors (Lipinski definition) is 3. The van der Waals surface area contributed by atoms with E-state index in [9.17, 15) is 9.90 Å². The number of benzene rings is 1. The first kappa shape index (κ1) is 14.3. The Bertz CT molecular complexity index is 839. The summed E-state index contributed by atoms with van der Waals surface area (Å²) in [5, 5.41) is 11.6. The molecule has 0 aliphatic rings. The zero-order valence-electron chi connectivity index (χ0n) is 12.4. The number of hydrogen-bond donors (Lipinski definition) is 2. The molecular formula is C17H17N2O3+. The van der Waals surface area contributed by atoms with Crippen LogP contribution in [-0.4, -0.2) is 23.2 Å². The maximum atomic E-state index is 12.1. The number of aryl methyl sites for hydroxylation is 1. The summed E-state index contributed by atoms with van der Waals surface area (Å²) in [6, 6.07) is 13.0. The van der Waals surface area contributed by atoms with Crippen LogP contribution in [0.25, 0.3) is 10.9 Å². The molecule has 2 N–H and O–H groups in total. The number of fused-ring (bicyclic) bond motifs is 1. The van der Waals surface area contributed by atoms with Crippen molar-refractivity contribution in [1.29, 1.82) is 0 Å². The topological polar surface area (TPSA) is 66.2 Å². The minimum Gasteiger partial charge on any atom is -0.464 e. The molecule has 0 spiro atoms. The quantitative estimate of drug-likeness (QED) is 0.573. The van der Waals surface area contributed by atoms with Crippen molar-refractivity contribution in [2.24, 2.45) is 7.05 Å². The van der Waals surface area contributed by atoms with Crippen molar-refractivity contribution in [3.05, 3.63) is 65.6 Å². The summed E-state index contributed by atoms with van der Waals surface area (Å²) >= 11 is 0. The maximum absolute atomic E-state index is 12.1. The molecule has 0 aliphatic heterocycles. The number of carbonyl (C=O) groups excluding carboxylic acids is 1. The number of ether oxygens (including phenoxy) is 1. The lowest BCUT2D eigenvalue weighted by Crippen LogP contribution is -2.35. The van der Waals surface area contributed by atoms with Crippen LogP contribution in [0.3, 0.4) is 0 Å². The number of aliphatic hydroxyl groups is 1. The number of H-pyrrole nitrogens is 1. The van der Waals surface area contributed by atoms with Crippen LogP contribution >= 0.6 is 0 Å². The SMILES string of the molecule is COC(=O)c1[nH]c2ccccc2c1[C@@H](O)c1cccc[n+]1C. The number of aromatic nitrogens is 2. The zero-order chi connectivity index (χ0) is 15.7. The van der Waals surface area contributed by atoms with Gasteiger partial charge in [0.15, 0.2) is 12.3 Å². The van der Waals surface area contributed by atoms with Crippen LogP contribution in [0.1, 0.15) is 27.8 Å². The average Bonchev–Trinajstić information content (AvgIpc) is 2.93. The highest BCUT2D eigenvalue weighted by molar-refractivity contribution is 5.98. The lowest BCUT2D eigenvalue weighted by atomic mass is 10.0. The third-order valence-corrected chi connectivity index (χ3v) is 3.78. The first-order chi connectivity index (χ1) is 10.6. The van der Waals surface area contributed by atoms with Crippen molar-refractivity contribution in [3.63, 3.8) is 0 Å². The Balaban J connectivity index is 2.24. The van der Waals surface area contributed by atoms with Crippen molar-refractivity contribution in [2.45, 2.75) is 6.10 Å². The second-order valence-corrected chi connectivity index (χ2v) is 5.09. The lowest BCUT2D eigenvalue weighted by molar-refractivity contribution is -0.682. The molecule has 0 aliphatic carbocycles. The van der Waals surface area contributed by atoms with Crippen LogP contribution in [0.4, 0.5) is 0 Å². The minimum atomic E-state index is -0.934. The second kappa shape index (κ2) is 5.61. The van der Waals surface area contributed by atoms with E-state index in [1.807, 2.05) is 60.3 Å². The van der Waals surface area contributed by atoms with E-state index < -0.39 is 12.1 Å². The molecule has 3 rings (SSSR count). The van der Waals surface area contributed by atoms with Crippen molar-refractivity contribution >= 4 is 16.9 Å². The molecule has 0 radical (unpaired) electrons. The summed E-state index contributed by atoms with van der Waals surface area (Å²) in [4.78, 5) is 15.1. The third kappa shape index (κ3) is 2.25. The minimum absolute atomic E-state index is 0.278. The molecule has 2 aromatic heterocycles. The molecule has 22 heavy (non-hydrogen) atoms. The average molecular weight is 297 g/mol. The monoisotopic (exact) mass is 297 g/mol. The van der Waals surface area contributed by atoms with Gasteiger partial charge in [-0.15, -0.1) is 0 Å². The highest BCUT2D eigenvalue weighted by Crippen LogP contribution is 2.31. The van der Waals surface area contributed by atoms with Gasteiger partial charge in [-0.1, -0.05) is 18.2 Å². The summed E-state index contributed by atoms with van der Waals surface area (Å²) in [6.45, 7) is 0. The highest BCUT2D eigenvalue weighted by atomic mass is 16.5.